The van der Waals surface area contributed by atoms with Gasteiger partial charge in [-0.3, -0.25) is 9.59 Å². The maximum Gasteiger partial charge on any atom is 0.343 e. The molecule has 180 valence electrons. The Bertz CT molecular complexity index is 1190. The number of esters is 1. The second kappa shape index (κ2) is 13.0. The summed E-state index contributed by atoms with van der Waals surface area (Å²) in [6.45, 7) is 2.39. The predicted molar refractivity (Wildman–Crippen MR) is 136 cm³/mol. The topological polar surface area (TPSA) is 106 Å². The molecule has 0 spiro atoms. The van der Waals surface area contributed by atoms with E-state index in [0.29, 0.717) is 34.8 Å². The number of hydrogen-bond acceptors (Lipinski definition) is 6. The second-order valence-electron chi connectivity index (χ2n) is 7.32. The number of ether oxygens (including phenoxy) is 2. The summed E-state index contributed by atoms with van der Waals surface area (Å²) in [4.78, 5) is 36.3. The normalized spacial score (nSPS) is 10.6. The number of hydrogen-bond donors (Lipinski definition) is 2. The third-order valence-electron chi connectivity index (χ3n) is 4.55. The molecule has 8 nitrogen and oxygen atoms in total. The van der Waals surface area contributed by atoms with Crippen LogP contribution in [0.25, 0.3) is 0 Å². The minimum absolute atomic E-state index is 0.227. The molecule has 0 heterocycles. The van der Waals surface area contributed by atoms with E-state index >= 15 is 0 Å². The fraction of sp³-hybridized carbons (Fsp3) is 0.154. The highest BCUT2D eigenvalue weighted by Crippen LogP contribution is 2.16. The minimum Gasteiger partial charge on any atom is -0.494 e. The second-order valence-corrected chi connectivity index (χ2v) is 8.23. The van der Waals surface area contributed by atoms with Crippen molar-refractivity contribution in [1.29, 1.82) is 0 Å². The molecule has 0 aliphatic carbocycles. The minimum atomic E-state index is -0.475. The van der Waals surface area contributed by atoms with E-state index in [9.17, 15) is 14.4 Å². The van der Waals surface area contributed by atoms with Gasteiger partial charge in [-0.05, 0) is 78.7 Å². The molecule has 9 heteroatoms. The first-order valence-electron chi connectivity index (χ1n) is 10.9. The first kappa shape index (κ1) is 25.6. The summed E-state index contributed by atoms with van der Waals surface area (Å²) in [5, 5.41) is 6.41. The van der Waals surface area contributed by atoms with Crippen LogP contribution in [0, 0.1) is 0 Å². The number of hydrazone groups is 1. The number of amides is 2. The smallest absolute Gasteiger partial charge is 0.343 e. The summed E-state index contributed by atoms with van der Waals surface area (Å²) in [5.41, 5.74) is 3.88. The highest BCUT2D eigenvalue weighted by Gasteiger charge is 2.09. The number of carbonyl (C=O) groups excluding carboxylic acids is 3. The number of nitrogens with zero attached hydrogens (tertiary/aromatic N) is 1. The standard InChI is InChI=1S/C26H24BrN3O5/c1-2-14-34-22-12-8-19(9-13-22)25(32)28-17-24(31)30-29-16-18-6-10-23(11-7-18)35-26(33)20-4-3-5-21(27)15-20/h3-13,15-16H,2,14,17H2,1H3,(H,28,32)(H,30,31)/b29-16+. The monoisotopic (exact) mass is 537 g/mol. The van der Waals surface area contributed by atoms with E-state index in [1.54, 1.807) is 66.7 Å². The van der Waals surface area contributed by atoms with Crippen LogP contribution >= 0.6 is 15.9 Å². The van der Waals surface area contributed by atoms with Crippen LogP contribution in [0.4, 0.5) is 0 Å². The quantitative estimate of drug-likeness (QED) is 0.173. The zero-order chi connectivity index (χ0) is 25.0. The molecule has 0 saturated carbocycles. The molecule has 0 saturated heterocycles. The summed E-state index contributed by atoms with van der Waals surface area (Å²) in [6, 6.07) is 20.2. The van der Waals surface area contributed by atoms with Gasteiger partial charge in [0.15, 0.2) is 0 Å². The SMILES string of the molecule is CCCOc1ccc(C(=O)NCC(=O)N/N=C/c2ccc(OC(=O)c3cccc(Br)c3)cc2)cc1. The average molecular weight is 538 g/mol. The van der Waals surface area contributed by atoms with Gasteiger partial charge in [0.2, 0.25) is 0 Å². The van der Waals surface area contributed by atoms with Crippen molar-refractivity contribution in [2.45, 2.75) is 13.3 Å². The Balaban J connectivity index is 1.42. The van der Waals surface area contributed by atoms with Gasteiger partial charge in [0.1, 0.15) is 11.5 Å². The van der Waals surface area contributed by atoms with E-state index in [0.717, 1.165) is 10.9 Å². The number of nitrogens with one attached hydrogen (secondary N) is 2. The van der Waals surface area contributed by atoms with Crippen molar-refractivity contribution in [3.05, 3.63) is 94.0 Å². The first-order valence-corrected chi connectivity index (χ1v) is 11.6. The van der Waals surface area contributed by atoms with Crippen molar-refractivity contribution < 1.29 is 23.9 Å². The molecule has 0 aliphatic rings. The van der Waals surface area contributed by atoms with Crippen LogP contribution in [0.15, 0.2) is 82.4 Å². The molecule has 0 fully saturated rings. The van der Waals surface area contributed by atoms with E-state index in [4.69, 9.17) is 9.47 Å². The molecule has 3 aromatic carbocycles. The molecule has 0 aromatic heterocycles. The highest BCUT2D eigenvalue weighted by molar-refractivity contribution is 9.10. The summed E-state index contributed by atoms with van der Waals surface area (Å²) in [6.07, 6.45) is 2.34. The molecule has 3 rings (SSSR count). The van der Waals surface area contributed by atoms with Gasteiger partial charge >= 0.3 is 5.97 Å². The largest absolute Gasteiger partial charge is 0.494 e. The molecule has 2 N–H and O–H groups in total. The van der Waals surface area contributed by atoms with Crippen LogP contribution in [0.2, 0.25) is 0 Å². The Morgan fingerprint density at radius 3 is 2.34 bits per heavy atom. The van der Waals surface area contributed by atoms with Crippen LogP contribution in [0.3, 0.4) is 0 Å². The Kier molecular flexibility index (Phi) is 9.56. The fourth-order valence-corrected chi connectivity index (χ4v) is 3.21. The maximum atomic E-state index is 12.2. The van der Waals surface area contributed by atoms with Crippen LogP contribution in [-0.4, -0.2) is 37.1 Å². The van der Waals surface area contributed by atoms with Gasteiger partial charge in [-0.25, -0.2) is 10.2 Å². The van der Waals surface area contributed by atoms with E-state index < -0.39 is 11.9 Å². The molecule has 0 atom stereocenters. The predicted octanol–water partition coefficient (Wildman–Crippen LogP) is 4.34. The lowest BCUT2D eigenvalue weighted by atomic mass is 10.2. The van der Waals surface area contributed by atoms with Gasteiger partial charge in [-0.1, -0.05) is 28.9 Å². The van der Waals surface area contributed by atoms with Gasteiger partial charge < -0.3 is 14.8 Å². The molecular formula is C26H24BrN3O5. The third-order valence-corrected chi connectivity index (χ3v) is 5.05. The van der Waals surface area contributed by atoms with Crippen molar-refractivity contribution in [2.75, 3.05) is 13.2 Å². The Labute approximate surface area is 211 Å². The van der Waals surface area contributed by atoms with Crippen molar-refractivity contribution in [3.63, 3.8) is 0 Å². The summed E-state index contributed by atoms with van der Waals surface area (Å²) in [5.74, 6) is -0.256. The molecule has 2 amide bonds. The van der Waals surface area contributed by atoms with Gasteiger partial charge in [0.25, 0.3) is 11.8 Å². The molecule has 0 radical (unpaired) electrons. The van der Waals surface area contributed by atoms with Gasteiger partial charge in [-0.15, -0.1) is 0 Å². The molecule has 35 heavy (non-hydrogen) atoms. The Morgan fingerprint density at radius 2 is 1.66 bits per heavy atom. The molecule has 0 aliphatic heterocycles. The molecule has 0 bridgehead atoms. The maximum absolute atomic E-state index is 12.2. The van der Waals surface area contributed by atoms with Crippen molar-refractivity contribution in [2.24, 2.45) is 5.10 Å². The van der Waals surface area contributed by atoms with Crippen molar-refractivity contribution >= 4 is 39.9 Å². The Morgan fingerprint density at radius 1 is 0.943 bits per heavy atom. The van der Waals surface area contributed by atoms with Crippen LogP contribution in [0.1, 0.15) is 39.6 Å². The van der Waals surface area contributed by atoms with Crippen molar-refractivity contribution in [1.82, 2.24) is 10.7 Å². The van der Waals surface area contributed by atoms with Gasteiger partial charge in [0, 0.05) is 10.0 Å². The lowest BCUT2D eigenvalue weighted by Crippen LogP contribution is -2.34. The number of rotatable bonds is 10. The fourth-order valence-electron chi connectivity index (χ4n) is 2.81. The van der Waals surface area contributed by atoms with Crippen LogP contribution in [-0.2, 0) is 4.79 Å². The van der Waals surface area contributed by atoms with E-state index in [-0.39, 0.29) is 12.5 Å². The van der Waals surface area contributed by atoms with Gasteiger partial charge in [-0.2, -0.15) is 5.10 Å². The van der Waals surface area contributed by atoms with Crippen LogP contribution in [0.5, 0.6) is 11.5 Å². The molecule has 3 aromatic rings. The number of benzene rings is 3. The zero-order valence-electron chi connectivity index (χ0n) is 19.0. The number of halogens is 1. The van der Waals surface area contributed by atoms with Crippen LogP contribution < -0.4 is 20.2 Å². The third kappa shape index (κ3) is 8.38. The van der Waals surface area contributed by atoms with E-state index in [1.807, 2.05) is 13.0 Å². The molecule has 0 unspecified atom stereocenters. The van der Waals surface area contributed by atoms with Crippen molar-refractivity contribution in [3.8, 4) is 11.5 Å². The van der Waals surface area contributed by atoms with E-state index in [1.165, 1.54) is 6.21 Å². The summed E-state index contributed by atoms with van der Waals surface area (Å²) < 4.78 is 11.6. The highest BCUT2D eigenvalue weighted by atomic mass is 79.9. The first-order chi connectivity index (χ1) is 16.9. The molecular weight excluding hydrogens is 514 g/mol. The Hall–Kier alpha value is -3.98. The van der Waals surface area contributed by atoms with Gasteiger partial charge in [0.05, 0.1) is 24.9 Å². The lowest BCUT2D eigenvalue weighted by molar-refractivity contribution is -0.120. The average Bonchev–Trinajstić information content (AvgIpc) is 2.87. The number of carbonyl (C=O) groups is 3. The zero-order valence-corrected chi connectivity index (χ0v) is 20.6. The summed E-state index contributed by atoms with van der Waals surface area (Å²) >= 11 is 3.32. The lowest BCUT2D eigenvalue weighted by Gasteiger charge is -2.07. The van der Waals surface area contributed by atoms with E-state index in [2.05, 4.69) is 31.8 Å². The summed E-state index contributed by atoms with van der Waals surface area (Å²) in [7, 11) is 0.